The molecule has 1 aromatic carbocycles. The third-order valence-electron chi connectivity index (χ3n) is 5.52. The summed E-state index contributed by atoms with van der Waals surface area (Å²) in [5.74, 6) is 1.19. The first kappa shape index (κ1) is 21.6. The van der Waals surface area contributed by atoms with Crippen LogP contribution in [0, 0.1) is 11.7 Å². The van der Waals surface area contributed by atoms with Crippen LogP contribution in [0.1, 0.15) is 36.5 Å². The maximum Gasteiger partial charge on any atom is 0.226 e. The third-order valence-corrected chi connectivity index (χ3v) is 6.38. The zero-order chi connectivity index (χ0) is 21.5. The number of hydrogen-bond acceptors (Lipinski definition) is 6. The Morgan fingerprint density at radius 2 is 2.16 bits per heavy atom. The zero-order valence-electron chi connectivity index (χ0n) is 17.4. The lowest BCUT2D eigenvalue weighted by atomic mass is 9.98. The Kier molecular flexibility index (Phi) is 7.43. The van der Waals surface area contributed by atoms with Crippen molar-refractivity contribution in [3.8, 4) is 11.4 Å². The minimum absolute atomic E-state index is 0.0636. The quantitative estimate of drug-likeness (QED) is 0.535. The molecular weight excluding hydrogens is 415 g/mol. The summed E-state index contributed by atoms with van der Waals surface area (Å²) in [7, 11) is 0. The number of nitrogens with one attached hydrogen (secondary N) is 1. The van der Waals surface area contributed by atoms with Crippen LogP contribution in [0.5, 0.6) is 0 Å². The fourth-order valence-corrected chi connectivity index (χ4v) is 4.65. The summed E-state index contributed by atoms with van der Waals surface area (Å²) in [6.45, 7) is 3.90. The largest absolute Gasteiger partial charge is 0.356 e. The lowest BCUT2D eigenvalue weighted by Gasteiger charge is -2.32. The molecule has 164 valence electrons. The molecule has 2 aromatic heterocycles. The van der Waals surface area contributed by atoms with E-state index < -0.39 is 0 Å². The third kappa shape index (κ3) is 6.45. The first-order valence-corrected chi connectivity index (χ1v) is 11.6. The standard InChI is InChI=1S/C23H27FN4O2S/c24-19-10-8-18(9-11-19)23-26-22(30-27-23)7-1-6-21(29)25-14-17-4-2-12-28(15-17)16-20-5-3-13-31-20/h3,5,8-11,13,17H,1-2,4,6-7,12,14-16H2,(H,25,29). The molecule has 0 spiro atoms. The van der Waals surface area contributed by atoms with E-state index in [4.69, 9.17) is 4.52 Å². The molecule has 1 unspecified atom stereocenters. The van der Waals surface area contributed by atoms with Crippen LogP contribution in [0.4, 0.5) is 4.39 Å². The van der Waals surface area contributed by atoms with Gasteiger partial charge in [0.05, 0.1) is 0 Å². The Morgan fingerprint density at radius 3 is 2.97 bits per heavy atom. The van der Waals surface area contributed by atoms with Gasteiger partial charge < -0.3 is 9.84 Å². The number of hydrogen-bond donors (Lipinski definition) is 1. The van der Waals surface area contributed by atoms with Crippen molar-refractivity contribution in [1.82, 2.24) is 20.4 Å². The van der Waals surface area contributed by atoms with Gasteiger partial charge in [-0.3, -0.25) is 9.69 Å². The molecule has 1 saturated heterocycles. The van der Waals surface area contributed by atoms with E-state index in [1.807, 2.05) is 0 Å². The van der Waals surface area contributed by atoms with Gasteiger partial charge in [-0.1, -0.05) is 11.2 Å². The topological polar surface area (TPSA) is 71.3 Å². The predicted molar refractivity (Wildman–Crippen MR) is 118 cm³/mol. The number of aromatic nitrogens is 2. The zero-order valence-corrected chi connectivity index (χ0v) is 18.2. The summed E-state index contributed by atoms with van der Waals surface area (Å²) in [6, 6.07) is 10.2. The average molecular weight is 443 g/mol. The molecule has 1 amide bonds. The minimum Gasteiger partial charge on any atom is -0.356 e. The number of thiophene rings is 1. The van der Waals surface area contributed by atoms with Crippen molar-refractivity contribution in [1.29, 1.82) is 0 Å². The number of nitrogens with zero attached hydrogens (tertiary/aromatic N) is 3. The maximum absolute atomic E-state index is 13.0. The van der Waals surface area contributed by atoms with Crippen LogP contribution >= 0.6 is 11.3 Å². The highest BCUT2D eigenvalue weighted by molar-refractivity contribution is 7.09. The molecule has 0 bridgehead atoms. The summed E-state index contributed by atoms with van der Waals surface area (Å²) in [5.41, 5.74) is 0.703. The lowest BCUT2D eigenvalue weighted by Crippen LogP contribution is -2.40. The molecule has 1 fully saturated rings. The van der Waals surface area contributed by atoms with Gasteiger partial charge in [0.1, 0.15) is 5.82 Å². The number of piperidine rings is 1. The number of amides is 1. The van der Waals surface area contributed by atoms with E-state index in [9.17, 15) is 9.18 Å². The van der Waals surface area contributed by atoms with Crippen molar-refractivity contribution in [2.24, 2.45) is 5.92 Å². The van der Waals surface area contributed by atoms with E-state index in [1.54, 1.807) is 23.5 Å². The van der Waals surface area contributed by atoms with E-state index in [0.29, 0.717) is 42.5 Å². The van der Waals surface area contributed by atoms with Gasteiger partial charge in [0.15, 0.2) is 0 Å². The minimum atomic E-state index is -0.304. The summed E-state index contributed by atoms with van der Waals surface area (Å²) >= 11 is 1.80. The molecule has 4 rings (SSSR count). The van der Waals surface area contributed by atoms with Crippen LogP contribution in [0.25, 0.3) is 11.4 Å². The first-order chi connectivity index (χ1) is 15.2. The molecule has 0 saturated carbocycles. The van der Waals surface area contributed by atoms with Gasteiger partial charge >= 0.3 is 0 Å². The molecule has 0 aliphatic carbocycles. The van der Waals surface area contributed by atoms with Crippen LogP contribution in [0.15, 0.2) is 46.3 Å². The number of rotatable bonds is 9. The van der Waals surface area contributed by atoms with Gasteiger partial charge in [-0.2, -0.15) is 4.98 Å². The number of carbonyl (C=O) groups excluding carboxylic acids is 1. The Morgan fingerprint density at radius 1 is 1.29 bits per heavy atom. The van der Waals surface area contributed by atoms with Crippen molar-refractivity contribution in [3.63, 3.8) is 0 Å². The normalized spacial score (nSPS) is 17.0. The number of likely N-dealkylation sites (tertiary alicyclic amines) is 1. The molecule has 1 N–H and O–H groups in total. The molecule has 3 heterocycles. The highest BCUT2D eigenvalue weighted by atomic mass is 32.1. The Hall–Kier alpha value is -2.58. The lowest BCUT2D eigenvalue weighted by molar-refractivity contribution is -0.121. The summed E-state index contributed by atoms with van der Waals surface area (Å²) in [6.07, 6.45) is 3.96. The van der Waals surface area contributed by atoms with Crippen LogP contribution in [0.3, 0.4) is 0 Å². The molecule has 0 radical (unpaired) electrons. The second-order valence-electron chi connectivity index (χ2n) is 8.00. The van der Waals surface area contributed by atoms with Gasteiger partial charge in [0, 0.05) is 42.9 Å². The fourth-order valence-electron chi connectivity index (χ4n) is 3.90. The molecule has 6 nitrogen and oxygen atoms in total. The van der Waals surface area contributed by atoms with Gasteiger partial charge in [-0.15, -0.1) is 11.3 Å². The van der Waals surface area contributed by atoms with Crippen LogP contribution < -0.4 is 5.32 Å². The maximum atomic E-state index is 13.0. The highest BCUT2D eigenvalue weighted by Crippen LogP contribution is 2.20. The number of aryl methyl sites for hydroxylation is 1. The average Bonchev–Trinajstić information content (AvgIpc) is 3.46. The Balaban J connectivity index is 1.15. The fraction of sp³-hybridized carbons (Fsp3) is 0.435. The molecular formula is C23H27FN4O2S. The molecule has 1 atom stereocenters. The van der Waals surface area contributed by atoms with Crippen LogP contribution in [0.2, 0.25) is 0 Å². The monoisotopic (exact) mass is 442 g/mol. The smallest absolute Gasteiger partial charge is 0.226 e. The number of benzene rings is 1. The van der Waals surface area contributed by atoms with Crippen molar-refractivity contribution >= 4 is 17.2 Å². The summed E-state index contributed by atoms with van der Waals surface area (Å²) in [4.78, 5) is 20.5. The highest BCUT2D eigenvalue weighted by Gasteiger charge is 2.20. The molecule has 31 heavy (non-hydrogen) atoms. The van der Waals surface area contributed by atoms with Crippen LogP contribution in [-0.4, -0.2) is 40.6 Å². The van der Waals surface area contributed by atoms with E-state index in [-0.39, 0.29) is 11.7 Å². The van der Waals surface area contributed by atoms with E-state index in [0.717, 1.165) is 32.6 Å². The second-order valence-corrected chi connectivity index (χ2v) is 9.03. The van der Waals surface area contributed by atoms with Crippen molar-refractivity contribution in [3.05, 3.63) is 58.4 Å². The van der Waals surface area contributed by atoms with Gasteiger partial charge in [-0.25, -0.2) is 4.39 Å². The number of carbonyl (C=O) groups is 1. The molecule has 3 aromatic rings. The van der Waals surface area contributed by atoms with E-state index >= 15 is 0 Å². The van der Waals surface area contributed by atoms with Gasteiger partial charge in [-0.05, 0) is 67.4 Å². The van der Waals surface area contributed by atoms with E-state index in [1.165, 1.54) is 23.4 Å². The molecule has 1 aliphatic rings. The summed E-state index contributed by atoms with van der Waals surface area (Å²) < 4.78 is 18.3. The van der Waals surface area contributed by atoms with Crippen LogP contribution in [-0.2, 0) is 17.8 Å². The Labute approximate surface area is 185 Å². The van der Waals surface area contributed by atoms with Crippen molar-refractivity contribution in [2.45, 2.75) is 38.6 Å². The number of halogens is 1. The Bertz CT molecular complexity index is 958. The van der Waals surface area contributed by atoms with Crippen molar-refractivity contribution in [2.75, 3.05) is 19.6 Å². The van der Waals surface area contributed by atoms with Gasteiger partial charge in [0.25, 0.3) is 0 Å². The van der Waals surface area contributed by atoms with Gasteiger partial charge in [0.2, 0.25) is 17.6 Å². The van der Waals surface area contributed by atoms with Crippen molar-refractivity contribution < 1.29 is 13.7 Å². The predicted octanol–water partition coefficient (Wildman–Crippen LogP) is 4.29. The molecule has 8 heteroatoms. The second kappa shape index (κ2) is 10.6. The summed E-state index contributed by atoms with van der Waals surface area (Å²) in [5, 5.41) is 9.14. The SMILES string of the molecule is O=C(CCCc1nc(-c2ccc(F)cc2)no1)NCC1CCCN(Cc2cccs2)C1. The first-order valence-electron chi connectivity index (χ1n) is 10.8. The van der Waals surface area contributed by atoms with E-state index in [2.05, 4.69) is 37.9 Å². The molecule has 1 aliphatic heterocycles.